The van der Waals surface area contributed by atoms with E-state index in [2.05, 4.69) is 9.71 Å². The molecule has 0 amide bonds. The van der Waals surface area contributed by atoms with E-state index in [-0.39, 0.29) is 15.5 Å². The Kier molecular flexibility index (Phi) is 5.17. The predicted molar refractivity (Wildman–Crippen MR) is 96.0 cm³/mol. The lowest BCUT2D eigenvalue weighted by Crippen LogP contribution is -2.27. The van der Waals surface area contributed by atoms with Crippen molar-refractivity contribution in [1.82, 2.24) is 9.29 Å². The molecule has 10 heteroatoms. The number of sulfonamides is 2. The molecular formula is C16H19N3O5S2. The van der Waals surface area contributed by atoms with Gasteiger partial charge in [0.15, 0.2) is 0 Å². The maximum Gasteiger partial charge on any atom is 0.261 e. The lowest BCUT2D eigenvalue weighted by atomic mass is 10.4. The van der Waals surface area contributed by atoms with Gasteiger partial charge in [-0.25, -0.2) is 21.8 Å². The van der Waals surface area contributed by atoms with Gasteiger partial charge in [0.2, 0.25) is 15.9 Å². The third kappa shape index (κ3) is 3.81. The van der Waals surface area contributed by atoms with Gasteiger partial charge in [-0.2, -0.15) is 4.31 Å². The highest BCUT2D eigenvalue weighted by molar-refractivity contribution is 7.92. The molecule has 1 saturated heterocycles. The molecule has 1 fully saturated rings. The van der Waals surface area contributed by atoms with Crippen molar-refractivity contribution in [3.8, 4) is 5.88 Å². The highest BCUT2D eigenvalue weighted by Crippen LogP contribution is 2.23. The second-order valence-corrected chi connectivity index (χ2v) is 9.40. The Morgan fingerprint density at radius 1 is 0.962 bits per heavy atom. The zero-order valence-electron chi connectivity index (χ0n) is 14.1. The zero-order chi connectivity index (χ0) is 18.8. The van der Waals surface area contributed by atoms with Crippen molar-refractivity contribution in [2.24, 2.45) is 0 Å². The first-order valence-electron chi connectivity index (χ1n) is 7.96. The Morgan fingerprint density at radius 3 is 2.12 bits per heavy atom. The van der Waals surface area contributed by atoms with E-state index in [0.717, 1.165) is 12.8 Å². The normalized spacial score (nSPS) is 15.7. The van der Waals surface area contributed by atoms with Gasteiger partial charge in [-0.05, 0) is 43.2 Å². The van der Waals surface area contributed by atoms with Gasteiger partial charge in [0.1, 0.15) is 0 Å². The largest absolute Gasteiger partial charge is 0.481 e. The molecule has 0 bridgehead atoms. The van der Waals surface area contributed by atoms with Crippen LogP contribution in [0.2, 0.25) is 0 Å². The van der Waals surface area contributed by atoms with Crippen LogP contribution >= 0.6 is 0 Å². The maximum absolute atomic E-state index is 12.5. The Balaban J connectivity index is 1.80. The van der Waals surface area contributed by atoms with E-state index in [1.54, 1.807) is 0 Å². The summed E-state index contributed by atoms with van der Waals surface area (Å²) in [6.45, 7) is 0.989. The van der Waals surface area contributed by atoms with E-state index in [4.69, 9.17) is 4.74 Å². The van der Waals surface area contributed by atoms with Gasteiger partial charge in [0.05, 0.1) is 28.8 Å². The molecule has 0 unspecified atom stereocenters. The summed E-state index contributed by atoms with van der Waals surface area (Å²) in [5, 5.41) is 0. The lowest BCUT2D eigenvalue weighted by molar-refractivity contribution is 0.398. The van der Waals surface area contributed by atoms with Crippen LogP contribution in [0.4, 0.5) is 5.69 Å². The van der Waals surface area contributed by atoms with Crippen molar-refractivity contribution in [2.45, 2.75) is 22.6 Å². The Hall–Kier alpha value is -2.17. The Labute approximate surface area is 152 Å². The third-order valence-corrected chi connectivity index (χ3v) is 7.34. The Morgan fingerprint density at radius 2 is 1.58 bits per heavy atom. The van der Waals surface area contributed by atoms with E-state index < -0.39 is 20.0 Å². The number of nitrogens with one attached hydrogen (secondary N) is 1. The average molecular weight is 397 g/mol. The molecule has 1 N–H and O–H groups in total. The van der Waals surface area contributed by atoms with Crippen LogP contribution in [0.3, 0.4) is 0 Å². The van der Waals surface area contributed by atoms with Crippen LogP contribution in [0.1, 0.15) is 12.8 Å². The number of benzene rings is 1. The van der Waals surface area contributed by atoms with E-state index in [9.17, 15) is 16.8 Å². The third-order valence-electron chi connectivity index (χ3n) is 4.03. The van der Waals surface area contributed by atoms with Gasteiger partial charge in [-0.15, -0.1) is 0 Å². The number of rotatable bonds is 6. The molecule has 0 radical (unpaired) electrons. The van der Waals surface area contributed by atoms with E-state index in [1.165, 1.54) is 54.0 Å². The molecule has 1 aliphatic heterocycles. The van der Waals surface area contributed by atoms with Crippen molar-refractivity contribution in [1.29, 1.82) is 0 Å². The molecule has 1 aliphatic rings. The quantitative estimate of drug-likeness (QED) is 0.795. The first kappa shape index (κ1) is 18.6. The van der Waals surface area contributed by atoms with Crippen molar-refractivity contribution in [3.05, 3.63) is 42.6 Å². The van der Waals surface area contributed by atoms with Crippen LogP contribution < -0.4 is 9.46 Å². The number of ether oxygens (including phenoxy) is 1. The number of aromatic nitrogens is 1. The summed E-state index contributed by atoms with van der Waals surface area (Å²) in [4.78, 5) is 3.99. The molecule has 2 aromatic rings. The fraction of sp³-hybridized carbons (Fsp3) is 0.312. The van der Waals surface area contributed by atoms with Gasteiger partial charge >= 0.3 is 0 Å². The van der Waals surface area contributed by atoms with Crippen molar-refractivity contribution >= 4 is 25.7 Å². The summed E-state index contributed by atoms with van der Waals surface area (Å²) in [5.41, 5.74) is 0.277. The van der Waals surface area contributed by atoms with Crippen LogP contribution in [0, 0.1) is 0 Å². The SMILES string of the molecule is COc1ccc(NS(=O)(=O)c2ccc(S(=O)(=O)N3CCCC3)cc2)cn1. The Bertz CT molecular complexity index is 966. The highest BCUT2D eigenvalue weighted by Gasteiger charge is 2.27. The van der Waals surface area contributed by atoms with Gasteiger partial charge in [0.25, 0.3) is 10.0 Å². The molecule has 0 aliphatic carbocycles. The number of anilines is 1. The van der Waals surface area contributed by atoms with Crippen LogP contribution in [-0.4, -0.2) is 46.3 Å². The molecule has 1 aromatic carbocycles. The number of methoxy groups -OCH3 is 1. The summed E-state index contributed by atoms with van der Waals surface area (Å²) in [6, 6.07) is 8.24. The second kappa shape index (κ2) is 7.22. The molecule has 140 valence electrons. The van der Waals surface area contributed by atoms with E-state index >= 15 is 0 Å². The smallest absolute Gasteiger partial charge is 0.261 e. The molecule has 2 heterocycles. The van der Waals surface area contributed by atoms with Crippen LogP contribution in [0.5, 0.6) is 5.88 Å². The van der Waals surface area contributed by atoms with Crippen LogP contribution in [-0.2, 0) is 20.0 Å². The van der Waals surface area contributed by atoms with Crippen LogP contribution in [0.25, 0.3) is 0 Å². The fourth-order valence-corrected chi connectivity index (χ4v) is 5.20. The summed E-state index contributed by atoms with van der Waals surface area (Å²) in [7, 11) is -5.96. The number of pyridine rings is 1. The predicted octanol–water partition coefficient (Wildman–Crippen LogP) is 1.68. The monoisotopic (exact) mass is 397 g/mol. The van der Waals surface area contributed by atoms with Crippen LogP contribution in [0.15, 0.2) is 52.4 Å². The average Bonchev–Trinajstić information content (AvgIpc) is 3.18. The molecule has 0 saturated carbocycles. The summed E-state index contributed by atoms with van der Waals surface area (Å²) in [5.74, 6) is 0.365. The number of hydrogen-bond donors (Lipinski definition) is 1. The first-order chi connectivity index (χ1) is 12.3. The molecule has 0 atom stereocenters. The minimum atomic E-state index is -3.85. The second-order valence-electron chi connectivity index (χ2n) is 5.78. The van der Waals surface area contributed by atoms with Gasteiger partial charge in [-0.3, -0.25) is 4.72 Å². The minimum absolute atomic E-state index is 0.0336. The molecule has 26 heavy (non-hydrogen) atoms. The minimum Gasteiger partial charge on any atom is -0.481 e. The van der Waals surface area contributed by atoms with Gasteiger partial charge < -0.3 is 4.74 Å². The van der Waals surface area contributed by atoms with E-state index in [0.29, 0.717) is 19.0 Å². The first-order valence-corrected chi connectivity index (χ1v) is 10.9. The van der Waals surface area contributed by atoms with Crippen molar-refractivity contribution in [2.75, 3.05) is 24.9 Å². The fourth-order valence-electron chi connectivity index (χ4n) is 2.64. The molecular weight excluding hydrogens is 378 g/mol. The summed E-state index contributed by atoms with van der Waals surface area (Å²) < 4.78 is 58.6. The summed E-state index contributed by atoms with van der Waals surface area (Å²) in [6.07, 6.45) is 3.01. The molecule has 3 rings (SSSR count). The molecule has 8 nitrogen and oxygen atoms in total. The van der Waals surface area contributed by atoms with Gasteiger partial charge in [0, 0.05) is 19.2 Å². The van der Waals surface area contributed by atoms with Crippen molar-refractivity contribution in [3.63, 3.8) is 0 Å². The highest BCUT2D eigenvalue weighted by atomic mass is 32.2. The molecule has 1 aromatic heterocycles. The van der Waals surface area contributed by atoms with Gasteiger partial charge in [-0.1, -0.05) is 0 Å². The number of nitrogens with zero attached hydrogens (tertiary/aromatic N) is 2. The maximum atomic E-state index is 12.5. The lowest BCUT2D eigenvalue weighted by Gasteiger charge is -2.15. The van der Waals surface area contributed by atoms with Crippen molar-refractivity contribution < 1.29 is 21.6 Å². The standard InChI is InChI=1S/C16H19N3O5S2/c1-24-16-9-4-13(12-17-16)18-25(20,21)14-5-7-15(8-6-14)26(22,23)19-10-2-3-11-19/h4-9,12,18H,2-3,10-11H2,1H3. The summed E-state index contributed by atoms with van der Waals surface area (Å²) >= 11 is 0. The molecule has 0 spiro atoms. The number of hydrogen-bond acceptors (Lipinski definition) is 6. The van der Waals surface area contributed by atoms with E-state index in [1.807, 2.05) is 0 Å². The topological polar surface area (TPSA) is 106 Å². The zero-order valence-corrected chi connectivity index (χ0v) is 15.8.